The molecule has 0 radical (unpaired) electrons. The number of carbonyl (C=O) groups is 1. The van der Waals surface area contributed by atoms with Crippen molar-refractivity contribution >= 4 is 33.4 Å². The lowest BCUT2D eigenvalue weighted by Gasteiger charge is -2.31. The summed E-state index contributed by atoms with van der Waals surface area (Å²) in [6.45, 7) is 5.61. The summed E-state index contributed by atoms with van der Waals surface area (Å²) in [4.78, 5) is 16.2. The van der Waals surface area contributed by atoms with Gasteiger partial charge in [-0.15, -0.1) is 0 Å². The summed E-state index contributed by atoms with van der Waals surface area (Å²) in [5.41, 5.74) is 1.32. The number of anilines is 1. The zero-order valence-electron chi connectivity index (χ0n) is 14.8. The number of carbonyl (C=O) groups excluding carboxylic acids is 1. The van der Waals surface area contributed by atoms with Gasteiger partial charge in [0.25, 0.3) is 0 Å². The molecule has 2 aromatic heterocycles. The molecule has 0 saturated heterocycles. The van der Waals surface area contributed by atoms with E-state index in [1.54, 1.807) is 10.7 Å². The molecule has 2 aromatic rings. The SMILES string of the molecule is CC(C)(C)OC(=O)N[C@H]1CC[C@H](Nc2cc(Br)nn3ccnc23)CC1. The fourth-order valence-corrected chi connectivity index (χ4v) is 3.47. The van der Waals surface area contributed by atoms with Crippen LogP contribution in [0.4, 0.5) is 10.5 Å². The van der Waals surface area contributed by atoms with Crippen molar-refractivity contribution < 1.29 is 9.53 Å². The number of amides is 1. The minimum Gasteiger partial charge on any atom is -0.444 e. The van der Waals surface area contributed by atoms with E-state index >= 15 is 0 Å². The monoisotopic (exact) mass is 409 g/mol. The van der Waals surface area contributed by atoms with E-state index in [1.807, 2.05) is 33.0 Å². The number of hydrogen-bond donors (Lipinski definition) is 2. The molecule has 7 nitrogen and oxygen atoms in total. The number of nitrogens with zero attached hydrogens (tertiary/aromatic N) is 3. The van der Waals surface area contributed by atoms with Crippen molar-refractivity contribution in [2.75, 3.05) is 5.32 Å². The maximum Gasteiger partial charge on any atom is 0.407 e. The van der Waals surface area contributed by atoms with Crippen LogP contribution in [0.25, 0.3) is 5.65 Å². The van der Waals surface area contributed by atoms with Gasteiger partial charge in [-0.1, -0.05) is 0 Å². The highest BCUT2D eigenvalue weighted by Crippen LogP contribution is 2.25. The topological polar surface area (TPSA) is 80.5 Å². The number of imidazole rings is 1. The van der Waals surface area contributed by atoms with Crippen molar-refractivity contribution in [1.82, 2.24) is 19.9 Å². The number of alkyl carbamates (subject to hydrolysis) is 1. The maximum atomic E-state index is 11.9. The average molecular weight is 410 g/mol. The van der Waals surface area contributed by atoms with Crippen molar-refractivity contribution in [3.05, 3.63) is 23.1 Å². The van der Waals surface area contributed by atoms with E-state index in [0.29, 0.717) is 6.04 Å². The third kappa shape index (κ3) is 4.84. The summed E-state index contributed by atoms with van der Waals surface area (Å²) in [6, 6.07) is 2.47. The van der Waals surface area contributed by atoms with Gasteiger partial charge in [-0.25, -0.2) is 14.3 Å². The molecule has 136 valence electrons. The average Bonchev–Trinajstić information content (AvgIpc) is 2.95. The summed E-state index contributed by atoms with van der Waals surface area (Å²) in [6.07, 6.45) is 7.04. The van der Waals surface area contributed by atoms with Gasteiger partial charge in [-0.2, -0.15) is 5.10 Å². The Labute approximate surface area is 155 Å². The first-order chi connectivity index (χ1) is 11.8. The first-order valence-electron chi connectivity index (χ1n) is 8.56. The maximum absolute atomic E-state index is 11.9. The molecule has 0 bridgehead atoms. The Morgan fingerprint density at radius 3 is 2.64 bits per heavy atom. The van der Waals surface area contributed by atoms with Crippen molar-refractivity contribution in [2.24, 2.45) is 0 Å². The van der Waals surface area contributed by atoms with Gasteiger partial charge in [0.15, 0.2) is 5.65 Å². The number of aromatic nitrogens is 3. The quantitative estimate of drug-likeness (QED) is 0.806. The molecule has 1 aliphatic carbocycles. The predicted molar refractivity (Wildman–Crippen MR) is 99.7 cm³/mol. The zero-order valence-corrected chi connectivity index (χ0v) is 16.3. The Balaban J connectivity index is 1.54. The second kappa shape index (κ2) is 7.19. The smallest absolute Gasteiger partial charge is 0.407 e. The lowest BCUT2D eigenvalue weighted by atomic mass is 9.91. The van der Waals surface area contributed by atoms with Crippen LogP contribution < -0.4 is 10.6 Å². The summed E-state index contributed by atoms with van der Waals surface area (Å²) >= 11 is 3.43. The Morgan fingerprint density at radius 2 is 1.96 bits per heavy atom. The number of nitrogens with one attached hydrogen (secondary N) is 2. The first-order valence-corrected chi connectivity index (χ1v) is 9.35. The molecule has 2 N–H and O–H groups in total. The van der Waals surface area contributed by atoms with Crippen LogP contribution in [0.1, 0.15) is 46.5 Å². The third-order valence-electron chi connectivity index (χ3n) is 4.14. The predicted octanol–water partition coefficient (Wildman–Crippen LogP) is 3.74. The van der Waals surface area contributed by atoms with Gasteiger partial charge in [0, 0.05) is 24.5 Å². The normalized spacial score (nSPS) is 21.1. The minimum absolute atomic E-state index is 0.170. The lowest BCUT2D eigenvalue weighted by Crippen LogP contribution is -2.42. The highest BCUT2D eigenvalue weighted by molar-refractivity contribution is 9.10. The van der Waals surface area contributed by atoms with Crippen LogP contribution in [0.15, 0.2) is 23.1 Å². The summed E-state index contributed by atoms with van der Waals surface area (Å²) in [5, 5.41) is 10.9. The molecule has 1 fully saturated rings. The highest BCUT2D eigenvalue weighted by Gasteiger charge is 2.25. The van der Waals surface area contributed by atoms with Gasteiger partial charge in [-0.05, 0) is 68.5 Å². The van der Waals surface area contributed by atoms with Gasteiger partial charge in [0.1, 0.15) is 10.2 Å². The van der Waals surface area contributed by atoms with Crippen LogP contribution in [0.5, 0.6) is 0 Å². The molecule has 0 atom stereocenters. The summed E-state index contributed by atoms with van der Waals surface area (Å²) < 4.78 is 7.84. The standard InChI is InChI=1S/C17H24BrN5O2/c1-17(2,3)25-16(24)21-12-6-4-11(5-7-12)20-13-10-14(18)22-23-9-8-19-15(13)23/h8-12,20H,4-7H2,1-3H3,(H,21,24)/t11-,12-. The van der Waals surface area contributed by atoms with Crippen molar-refractivity contribution in [2.45, 2.75) is 64.1 Å². The zero-order chi connectivity index (χ0) is 18.0. The first kappa shape index (κ1) is 18.0. The molecule has 0 aliphatic heterocycles. The van der Waals surface area contributed by atoms with Crippen LogP contribution in [0, 0.1) is 0 Å². The molecule has 0 unspecified atom stereocenters. The molecule has 25 heavy (non-hydrogen) atoms. The van der Waals surface area contributed by atoms with Crippen molar-refractivity contribution in [1.29, 1.82) is 0 Å². The van der Waals surface area contributed by atoms with E-state index in [0.717, 1.165) is 41.6 Å². The molecular weight excluding hydrogens is 386 g/mol. The van der Waals surface area contributed by atoms with Crippen LogP contribution in [0.2, 0.25) is 0 Å². The third-order valence-corrected chi connectivity index (χ3v) is 4.52. The molecule has 3 rings (SSSR count). The summed E-state index contributed by atoms with van der Waals surface area (Å²) in [5.74, 6) is 0. The van der Waals surface area contributed by atoms with E-state index in [9.17, 15) is 4.79 Å². The van der Waals surface area contributed by atoms with E-state index in [-0.39, 0.29) is 12.1 Å². The van der Waals surface area contributed by atoms with Crippen LogP contribution in [-0.4, -0.2) is 38.4 Å². The van der Waals surface area contributed by atoms with Crippen LogP contribution in [-0.2, 0) is 4.74 Å². The van der Waals surface area contributed by atoms with E-state index in [2.05, 4.69) is 36.6 Å². The second-order valence-electron chi connectivity index (χ2n) is 7.42. The lowest BCUT2D eigenvalue weighted by molar-refractivity contribution is 0.0492. The Kier molecular flexibility index (Phi) is 5.17. The van der Waals surface area contributed by atoms with Crippen molar-refractivity contribution in [3.8, 4) is 0 Å². The second-order valence-corrected chi connectivity index (χ2v) is 8.23. The number of fused-ring (bicyclic) bond motifs is 1. The largest absolute Gasteiger partial charge is 0.444 e. The van der Waals surface area contributed by atoms with Crippen molar-refractivity contribution in [3.63, 3.8) is 0 Å². The summed E-state index contributed by atoms with van der Waals surface area (Å²) in [7, 11) is 0. The fourth-order valence-electron chi connectivity index (χ4n) is 3.07. The molecule has 1 amide bonds. The Morgan fingerprint density at radius 1 is 1.28 bits per heavy atom. The molecule has 0 spiro atoms. The molecule has 8 heteroatoms. The van der Waals surface area contributed by atoms with Gasteiger partial charge >= 0.3 is 6.09 Å². The Bertz CT molecular complexity index is 747. The van der Waals surface area contributed by atoms with Gasteiger partial charge in [0.2, 0.25) is 0 Å². The molecule has 2 heterocycles. The number of ether oxygens (including phenoxy) is 1. The molecular formula is C17H24BrN5O2. The number of rotatable bonds is 3. The number of halogens is 1. The van der Waals surface area contributed by atoms with Gasteiger partial charge in [0.05, 0.1) is 5.69 Å². The van der Waals surface area contributed by atoms with E-state index < -0.39 is 5.60 Å². The van der Waals surface area contributed by atoms with E-state index in [4.69, 9.17) is 4.74 Å². The number of hydrogen-bond acceptors (Lipinski definition) is 5. The molecule has 1 saturated carbocycles. The van der Waals surface area contributed by atoms with Gasteiger partial charge in [-0.3, -0.25) is 0 Å². The van der Waals surface area contributed by atoms with Crippen LogP contribution >= 0.6 is 15.9 Å². The van der Waals surface area contributed by atoms with Gasteiger partial charge < -0.3 is 15.4 Å². The van der Waals surface area contributed by atoms with Crippen LogP contribution in [0.3, 0.4) is 0 Å². The van der Waals surface area contributed by atoms with E-state index in [1.165, 1.54) is 0 Å². The Hall–Kier alpha value is -1.83. The molecule has 0 aromatic carbocycles. The highest BCUT2D eigenvalue weighted by atomic mass is 79.9. The molecule has 1 aliphatic rings. The minimum atomic E-state index is -0.465. The fraction of sp³-hybridized carbons (Fsp3) is 0.588.